The van der Waals surface area contributed by atoms with Crippen molar-refractivity contribution in [3.8, 4) is 0 Å². The van der Waals surface area contributed by atoms with Gasteiger partial charge in [0.05, 0.1) is 6.04 Å². The molecule has 0 unspecified atom stereocenters. The Labute approximate surface area is 179 Å². The van der Waals surface area contributed by atoms with Gasteiger partial charge < -0.3 is 4.74 Å². The van der Waals surface area contributed by atoms with E-state index in [-0.39, 0.29) is 17.8 Å². The lowest BCUT2D eigenvalue weighted by Crippen LogP contribution is -2.45. The van der Waals surface area contributed by atoms with Crippen LogP contribution in [0.25, 0.3) is 0 Å². The summed E-state index contributed by atoms with van der Waals surface area (Å²) in [6.45, 7) is 13.5. The Kier molecular flexibility index (Phi) is 7.93. The average molecular weight is 410 g/mol. The zero-order chi connectivity index (χ0) is 22.3. The molecule has 0 aliphatic carbocycles. The van der Waals surface area contributed by atoms with Crippen molar-refractivity contribution in [1.29, 1.82) is 0 Å². The molecule has 2 amide bonds. The molecule has 0 saturated carbocycles. The first kappa shape index (κ1) is 23.3. The van der Waals surface area contributed by atoms with Gasteiger partial charge in [0.2, 0.25) is 5.91 Å². The second-order valence-corrected chi connectivity index (χ2v) is 8.49. The standard InChI is InChI=1S/C25H31NO4/c1-6-22(27)21(13-15-25(4,5)14-12-18(2)3)23(28)26-20(17-30-24(26)29)16-19-10-8-7-9-11-19/h6-12,14,20-21H,1-2,13,15-17H2,3-5H3/b14-12+/t20-,21-/m0/s1. The Bertz CT molecular complexity index is 838. The summed E-state index contributed by atoms with van der Waals surface area (Å²) < 4.78 is 5.15. The zero-order valence-electron chi connectivity index (χ0n) is 18.1. The fourth-order valence-electron chi connectivity index (χ4n) is 3.43. The summed E-state index contributed by atoms with van der Waals surface area (Å²) in [7, 11) is 0. The van der Waals surface area contributed by atoms with E-state index >= 15 is 0 Å². The number of hydrogen-bond donors (Lipinski definition) is 0. The Balaban J connectivity index is 2.18. The SMILES string of the molecule is C=CC(=O)[C@H](CCC(C)(C)/C=C/C(=C)C)C(=O)N1C(=O)OC[C@@H]1Cc1ccccc1. The van der Waals surface area contributed by atoms with Crippen LogP contribution in [0.5, 0.6) is 0 Å². The van der Waals surface area contributed by atoms with Crippen molar-refractivity contribution < 1.29 is 19.1 Å². The van der Waals surface area contributed by atoms with Crippen LogP contribution in [0.1, 0.15) is 39.2 Å². The third kappa shape index (κ3) is 6.28. The van der Waals surface area contributed by atoms with Crippen LogP contribution in [0.3, 0.4) is 0 Å². The van der Waals surface area contributed by atoms with Crippen LogP contribution in [-0.4, -0.2) is 35.3 Å². The average Bonchev–Trinajstić information content (AvgIpc) is 3.07. The molecule has 160 valence electrons. The number of carbonyl (C=O) groups excluding carboxylic acids is 3. The van der Waals surface area contributed by atoms with Crippen LogP contribution in [0, 0.1) is 11.3 Å². The second kappa shape index (κ2) is 10.2. The number of amides is 2. The summed E-state index contributed by atoms with van der Waals surface area (Å²) in [5.41, 5.74) is 1.70. The van der Waals surface area contributed by atoms with Crippen molar-refractivity contribution in [3.63, 3.8) is 0 Å². The molecule has 2 atom stereocenters. The molecule has 1 saturated heterocycles. The summed E-state index contributed by atoms with van der Waals surface area (Å²) in [6, 6.07) is 9.17. The van der Waals surface area contributed by atoms with Gasteiger partial charge in [-0.15, -0.1) is 0 Å². The second-order valence-electron chi connectivity index (χ2n) is 8.49. The minimum absolute atomic E-state index is 0.126. The van der Waals surface area contributed by atoms with Crippen LogP contribution in [-0.2, 0) is 20.7 Å². The van der Waals surface area contributed by atoms with Gasteiger partial charge in [0.1, 0.15) is 12.5 Å². The highest BCUT2D eigenvalue weighted by Gasteiger charge is 2.42. The molecule has 0 spiro atoms. The van der Waals surface area contributed by atoms with Crippen molar-refractivity contribution in [1.82, 2.24) is 4.90 Å². The minimum Gasteiger partial charge on any atom is -0.447 e. The number of ether oxygens (including phenoxy) is 1. The predicted molar refractivity (Wildman–Crippen MR) is 118 cm³/mol. The molecule has 30 heavy (non-hydrogen) atoms. The predicted octanol–water partition coefficient (Wildman–Crippen LogP) is 4.89. The minimum atomic E-state index is -0.955. The molecule has 0 N–H and O–H groups in total. The van der Waals surface area contributed by atoms with Gasteiger partial charge in [0, 0.05) is 0 Å². The molecule has 2 rings (SSSR count). The van der Waals surface area contributed by atoms with Crippen molar-refractivity contribution in [2.75, 3.05) is 6.61 Å². The van der Waals surface area contributed by atoms with Gasteiger partial charge in [-0.25, -0.2) is 9.69 Å². The van der Waals surface area contributed by atoms with Crippen molar-refractivity contribution in [2.24, 2.45) is 11.3 Å². The summed E-state index contributed by atoms with van der Waals surface area (Å²) in [5, 5.41) is 0. The molecule has 0 radical (unpaired) electrons. The van der Waals surface area contributed by atoms with Gasteiger partial charge in [-0.05, 0) is 43.2 Å². The molecule has 1 aliphatic heterocycles. The fraction of sp³-hybridized carbons (Fsp3) is 0.400. The van der Waals surface area contributed by atoms with E-state index in [1.165, 1.54) is 0 Å². The smallest absolute Gasteiger partial charge is 0.417 e. The molecule has 1 fully saturated rings. The van der Waals surface area contributed by atoms with Crippen LogP contribution in [0.2, 0.25) is 0 Å². The number of hydrogen-bond acceptors (Lipinski definition) is 4. The van der Waals surface area contributed by atoms with Gasteiger partial charge in [0.15, 0.2) is 5.78 Å². The zero-order valence-corrected chi connectivity index (χ0v) is 18.1. The van der Waals surface area contributed by atoms with Gasteiger partial charge in [-0.2, -0.15) is 0 Å². The number of cyclic esters (lactones) is 1. The number of allylic oxidation sites excluding steroid dienone is 4. The Morgan fingerprint density at radius 3 is 2.57 bits per heavy atom. The van der Waals surface area contributed by atoms with E-state index in [1.54, 1.807) is 0 Å². The maximum absolute atomic E-state index is 13.3. The number of rotatable bonds is 10. The first-order valence-corrected chi connectivity index (χ1v) is 10.2. The number of benzene rings is 1. The summed E-state index contributed by atoms with van der Waals surface area (Å²) in [4.78, 5) is 39.2. The molecular weight excluding hydrogens is 378 g/mol. The highest BCUT2D eigenvalue weighted by molar-refractivity contribution is 6.10. The largest absolute Gasteiger partial charge is 0.447 e. The van der Waals surface area contributed by atoms with Crippen molar-refractivity contribution in [2.45, 2.75) is 46.1 Å². The molecule has 1 heterocycles. The Hall–Kier alpha value is -2.95. The summed E-state index contributed by atoms with van der Waals surface area (Å²) >= 11 is 0. The van der Waals surface area contributed by atoms with E-state index < -0.39 is 24.0 Å². The maximum atomic E-state index is 13.3. The van der Waals surface area contributed by atoms with E-state index in [4.69, 9.17) is 4.74 Å². The van der Waals surface area contributed by atoms with Crippen molar-refractivity contribution >= 4 is 17.8 Å². The molecular formula is C25H31NO4. The van der Waals surface area contributed by atoms with E-state index in [0.29, 0.717) is 19.3 Å². The quantitative estimate of drug-likeness (QED) is 0.314. The normalized spacial score (nSPS) is 17.6. The number of nitrogens with zero attached hydrogens (tertiary/aromatic N) is 1. The number of imide groups is 1. The third-order valence-electron chi connectivity index (χ3n) is 5.25. The lowest BCUT2D eigenvalue weighted by molar-refractivity contribution is -0.138. The summed E-state index contributed by atoms with van der Waals surface area (Å²) in [6.07, 6.45) is 5.83. The van der Waals surface area contributed by atoms with Gasteiger partial charge in [-0.1, -0.05) is 75.1 Å². The van der Waals surface area contributed by atoms with Crippen molar-refractivity contribution in [3.05, 3.63) is 72.9 Å². The number of carbonyl (C=O) groups is 3. The molecule has 5 heteroatoms. The summed E-state index contributed by atoms with van der Waals surface area (Å²) in [5.74, 6) is -1.84. The lowest BCUT2D eigenvalue weighted by atomic mass is 9.82. The topological polar surface area (TPSA) is 63.7 Å². The van der Waals surface area contributed by atoms with Crippen LogP contribution in [0.4, 0.5) is 4.79 Å². The van der Waals surface area contributed by atoms with E-state index in [9.17, 15) is 14.4 Å². The monoisotopic (exact) mass is 409 g/mol. The fourth-order valence-corrected chi connectivity index (χ4v) is 3.43. The molecule has 5 nitrogen and oxygen atoms in total. The highest BCUT2D eigenvalue weighted by Crippen LogP contribution is 2.29. The first-order chi connectivity index (χ1) is 14.1. The molecule has 0 aromatic heterocycles. The van der Waals surface area contributed by atoms with Gasteiger partial charge >= 0.3 is 6.09 Å². The third-order valence-corrected chi connectivity index (χ3v) is 5.25. The van der Waals surface area contributed by atoms with Crippen LogP contribution in [0.15, 0.2) is 67.3 Å². The molecule has 1 aromatic rings. The lowest BCUT2D eigenvalue weighted by Gasteiger charge is -2.26. The van der Waals surface area contributed by atoms with Gasteiger partial charge in [0.25, 0.3) is 0 Å². The highest BCUT2D eigenvalue weighted by atomic mass is 16.6. The molecule has 1 aliphatic rings. The molecule has 0 bridgehead atoms. The van der Waals surface area contributed by atoms with Gasteiger partial charge in [-0.3, -0.25) is 9.59 Å². The maximum Gasteiger partial charge on any atom is 0.417 e. The van der Waals surface area contributed by atoms with Crippen LogP contribution < -0.4 is 0 Å². The van der Waals surface area contributed by atoms with E-state index in [1.807, 2.05) is 63.3 Å². The van der Waals surface area contributed by atoms with E-state index in [0.717, 1.165) is 22.1 Å². The molecule has 1 aromatic carbocycles. The van der Waals surface area contributed by atoms with E-state index in [2.05, 4.69) is 13.2 Å². The number of ketones is 1. The van der Waals surface area contributed by atoms with Crippen LogP contribution >= 0.6 is 0 Å². The first-order valence-electron chi connectivity index (χ1n) is 10.2. The Morgan fingerprint density at radius 2 is 1.97 bits per heavy atom. The Morgan fingerprint density at radius 1 is 1.30 bits per heavy atom.